The van der Waals surface area contributed by atoms with Crippen molar-refractivity contribution in [3.05, 3.63) is 27.6 Å². The summed E-state index contributed by atoms with van der Waals surface area (Å²) in [7, 11) is 0. The lowest BCUT2D eigenvalue weighted by atomic mass is 9.99. The van der Waals surface area contributed by atoms with Gasteiger partial charge in [0.2, 0.25) is 0 Å². The Kier molecular flexibility index (Phi) is 3.75. The molecular formula is C14H18FIN2. The van der Waals surface area contributed by atoms with E-state index in [4.69, 9.17) is 0 Å². The highest BCUT2D eigenvalue weighted by Crippen LogP contribution is 2.29. The van der Waals surface area contributed by atoms with Gasteiger partial charge in [0.1, 0.15) is 5.82 Å². The maximum Gasteiger partial charge on any atom is 0.138 e. The minimum absolute atomic E-state index is 0.0980. The maximum atomic E-state index is 13.6. The zero-order valence-corrected chi connectivity index (χ0v) is 12.6. The summed E-state index contributed by atoms with van der Waals surface area (Å²) in [6, 6.07) is 6.08. The van der Waals surface area contributed by atoms with E-state index in [0.29, 0.717) is 6.04 Å². The summed E-state index contributed by atoms with van der Waals surface area (Å²) in [5, 5.41) is 0. The summed E-state index contributed by atoms with van der Waals surface area (Å²) >= 11 is 2.12. The standard InChI is InChI=1S/C14H18FIN2/c15-12-5-3-6-13(14(12)16)18-9-8-17-7-2-1-4-11(17)10-18/h3,5-6,11H,1-2,4,7-10H2. The molecule has 2 aliphatic heterocycles. The van der Waals surface area contributed by atoms with Crippen LogP contribution < -0.4 is 4.90 Å². The summed E-state index contributed by atoms with van der Waals surface area (Å²) in [6.45, 7) is 4.45. The average Bonchev–Trinajstić information content (AvgIpc) is 2.41. The fourth-order valence-corrected chi connectivity index (χ4v) is 3.81. The van der Waals surface area contributed by atoms with Gasteiger partial charge < -0.3 is 4.90 Å². The number of piperidine rings is 1. The number of rotatable bonds is 1. The van der Waals surface area contributed by atoms with Crippen molar-refractivity contribution in [3.8, 4) is 0 Å². The summed E-state index contributed by atoms with van der Waals surface area (Å²) in [5.41, 5.74) is 1.07. The lowest BCUT2D eigenvalue weighted by Gasteiger charge is -2.45. The van der Waals surface area contributed by atoms with E-state index in [9.17, 15) is 4.39 Å². The number of halogens is 2. The molecule has 2 saturated heterocycles. The number of piperazine rings is 1. The predicted octanol–water partition coefficient (Wildman–Crippen LogP) is 3.10. The normalized spacial score (nSPS) is 25.0. The van der Waals surface area contributed by atoms with Gasteiger partial charge in [0.15, 0.2) is 0 Å². The Hall–Kier alpha value is -0.360. The van der Waals surface area contributed by atoms with Crippen LogP contribution in [0.2, 0.25) is 0 Å². The van der Waals surface area contributed by atoms with Crippen LogP contribution in [-0.2, 0) is 0 Å². The summed E-state index contributed by atoms with van der Waals surface area (Å²) in [5.74, 6) is -0.0980. The van der Waals surface area contributed by atoms with Crippen LogP contribution in [0.25, 0.3) is 0 Å². The molecule has 0 radical (unpaired) electrons. The summed E-state index contributed by atoms with van der Waals surface area (Å²) in [6.07, 6.45) is 3.98. The molecule has 2 heterocycles. The molecule has 2 aliphatic rings. The van der Waals surface area contributed by atoms with Gasteiger partial charge in [0, 0.05) is 25.7 Å². The quantitative estimate of drug-likeness (QED) is 0.711. The molecule has 98 valence electrons. The molecule has 4 heteroatoms. The number of hydrogen-bond acceptors (Lipinski definition) is 2. The van der Waals surface area contributed by atoms with Gasteiger partial charge in [0.25, 0.3) is 0 Å². The monoisotopic (exact) mass is 360 g/mol. The lowest BCUT2D eigenvalue weighted by molar-refractivity contribution is 0.133. The van der Waals surface area contributed by atoms with Crippen LogP contribution in [0.5, 0.6) is 0 Å². The molecular weight excluding hydrogens is 342 g/mol. The maximum absolute atomic E-state index is 13.6. The largest absolute Gasteiger partial charge is 0.368 e. The molecule has 0 N–H and O–H groups in total. The van der Waals surface area contributed by atoms with E-state index in [1.54, 1.807) is 6.07 Å². The fraction of sp³-hybridized carbons (Fsp3) is 0.571. The van der Waals surface area contributed by atoms with E-state index < -0.39 is 0 Å². The van der Waals surface area contributed by atoms with Crippen molar-refractivity contribution in [2.75, 3.05) is 31.1 Å². The molecule has 18 heavy (non-hydrogen) atoms. The molecule has 1 atom stereocenters. The van der Waals surface area contributed by atoms with Crippen molar-refractivity contribution < 1.29 is 4.39 Å². The fourth-order valence-electron chi connectivity index (χ4n) is 3.11. The second kappa shape index (κ2) is 5.33. The second-order valence-corrected chi connectivity index (χ2v) is 6.28. The van der Waals surface area contributed by atoms with Crippen molar-refractivity contribution in [1.29, 1.82) is 0 Å². The molecule has 2 nitrogen and oxygen atoms in total. The molecule has 2 fully saturated rings. The molecule has 0 saturated carbocycles. The second-order valence-electron chi connectivity index (χ2n) is 5.20. The van der Waals surface area contributed by atoms with E-state index in [1.165, 1.54) is 25.8 Å². The SMILES string of the molecule is Fc1cccc(N2CCN3CCCCC3C2)c1I. The molecule has 0 aromatic heterocycles. The molecule has 0 aliphatic carbocycles. The van der Waals surface area contributed by atoms with Gasteiger partial charge in [-0.25, -0.2) is 4.39 Å². The third-order valence-electron chi connectivity index (χ3n) is 4.11. The van der Waals surface area contributed by atoms with Crippen molar-refractivity contribution >= 4 is 28.3 Å². The number of fused-ring (bicyclic) bond motifs is 1. The van der Waals surface area contributed by atoms with Gasteiger partial charge in [-0.3, -0.25) is 4.90 Å². The molecule has 3 rings (SSSR count). The summed E-state index contributed by atoms with van der Waals surface area (Å²) < 4.78 is 14.4. The number of hydrogen-bond donors (Lipinski definition) is 0. The van der Waals surface area contributed by atoms with Crippen LogP contribution >= 0.6 is 22.6 Å². The third-order valence-corrected chi connectivity index (χ3v) is 5.18. The minimum Gasteiger partial charge on any atom is -0.368 e. The predicted molar refractivity (Wildman–Crippen MR) is 80.5 cm³/mol. The first-order valence-corrected chi connectivity index (χ1v) is 7.76. The van der Waals surface area contributed by atoms with Gasteiger partial charge in [-0.15, -0.1) is 0 Å². The van der Waals surface area contributed by atoms with E-state index >= 15 is 0 Å². The Morgan fingerprint density at radius 1 is 1.17 bits per heavy atom. The van der Waals surface area contributed by atoms with Crippen molar-refractivity contribution in [2.45, 2.75) is 25.3 Å². The Morgan fingerprint density at radius 2 is 2.06 bits per heavy atom. The summed E-state index contributed by atoms with van der Waals surface area (Å²) in [4.78, 5) is 4.96. The zero-order valence-electron chi connectivity index (χ0n) is 10.4. The molecule has 0 amide bonds. The van der Waals surface area contributed by atoms with Crippen molar-refractivity contribution in [2.24, 2.45) is 0 Å². The van der Waals surface area contributed by atoms with E-state index in [2.05, 4.69) is 32.4 Å². The molecule has 1 aromatic rings. The Morgan fingerprint density at radius 3 is 2.94 bits per heavy atom. The van der Waals surface area contributed by atoms with Crippen molar-refractivity contribution in [1.82, 2.24) is 4.90 Å². The number of anilines is 1. The third kappa shape index (κ3) is 2.37. The zero-order chi connectivity index (χ0) is 12.5. The molecule has 0 bridgehead atoms. The van der Waals surface area contributed by atoms with Crippen LogP contribution in [0.3, 0.4) is 0 Å². The molecule has 1 unspecified atom stereocenters. The van der Waals surface area contributed by atoms with Crippen LogP contribution in [0.15, 0.2) is 18.2 Å². The van der Waals surface area contributed by atoms with Gasteiger partial charge in [-0.1, -0.05) is 12.5 Å². The van der Waals surface area contributed by atoms with Crippen LogP contribution in [0.4, 0.5) is 10.1 Å². The van der Waals surface area contributed by atoms with Gasteiger partial charge in [0.05, 0.1) is 9.26 Å². The lowest BCUT2D eigenvalue weighted by Crippen LogP contribution is -2.55. The highest BCUT2D eigenvalue weighted by atomic mass is 127. The van der Waals surface area contributed by atoms with E-state index in [-0.39, 0.29) is 5.82 Å². The van der Waals surface area contributed by atoms with Gasteiger partial charge in [-0.05, 0) is 54.1 Å². The molecule has 1 aromatic carbocycles. The van der Waals surface area contributed by atoms with Gasteiger partial charge >= 0.3 is 0 Å². The Labute approximate surface area is 121 Å². The smallest absolute Gasteiger partial charge is 0.138 e. The van der Waals surface area contributed by atoms with E-state index in [1.807, 2.05) is 12.1 Å². The number of benzene rings is 1. The molecule has 0 spiro atoms. The van der Waals surface area contributed by atoms with Crippen LogP contribution in [-0.4, -0.2) is 37.1 Å². The first kappa shape index (κ1) is 12.7. The average molecular weight is 360 g/mol. The van der Waals surface area contributed by atoms with Crippen molar-refractivity contribution in [3.63, 3.8) is 0 Å². The topological polar surface area (TPSA) is 6.48 Å². The highest BCUT2D eigenvalue weighted by molar-refractivity contribution is 14.1. The van der Waals surface area contributed by atoms with Crippen LogP contribution in [0.1, 0.15) is 19.3 Å². The van der Waals surface area contributed by atoms with Crippen LogP contribution in [0, 0.1) is 9.39 Å². The first-order chi connectivity index (χ1) is 8.75. The Balaban J connectivity index is 1.79. The first-order valence-electron chi connectivity index (χ1n) is 6.69. The van der Waals surface area contributed by atoms with Gasteiger partial charge in [-0.2, -0.15) is 0 Å². The van der Waals surface area contributed by atoms with E-state index in [0.717, 1.165) is 28.9 Å². The minimum atomic E-state index is -0.0980. The Bertz CT molecular complexity index is 438. The number of nitrogens with zero attached hydrogens (tertiary/aromatic N) is 2. The highest BCUT2D eigenvalue weighted by Gasteiger charge is 2.29.